The summed E-state index contributed by atoms with van der Waals surface area (Å²) in [5, 5.41) is 17.0. The summed E-state index contributed by atoms with van der Waals surface area (Å²) in [6.45, 7) is 2.16. The highest BCUT2D eigenvalue weighted by Crippen LogP contribution is 2.28. The summed E-state index contributed by atoms with van der Waals surface area (Å²) < 4.78 is 11.2. The first-order valence-electron chi connectivity index (χ1n) is 11.2. The van der Waals surface area contributed by atoms with Crippen molar-refractivity contribution in [3.8, 4) is 11.5 Å². The second kappa shape index (κ2) is 10.1. The number of para-hydroxylation sites is 2. The van der Waals surface area contributed by atoms with Gasteiger partial charge >= 0.3 is 0 Å². The van der Waals surface area contributed by atoms with Gasteiger partial charge in [0.1, 0.15) is 5.52 Å². The zero-order valence-electron chi connectivity index (χ0n) is 19.0. The molecule has 3 aromatic carbocycles. The molecule has 1 amide bonds. The van der Waals surface area contributed by atoms with Crippen LogP contribution in [-0.4, -0.2) is 47.2 Å². The first kappa shape index (κ1) is 23.4. The van der Waals surface area contributed by atoms with Crippen LogP contribution >= 0.6 is 12.2 Å². The molecule has 2 heterocycles. The van der Waals surface area contributed by atoms with Gasteiger partial charge in [0.25, 0.3) is 11.6 Å². The molecule has 4 aromatic rings. The first-order valence-corrected chi connectivity index (χ1v) is 11.6. The van der Waals surface area contributed by atoms with Crippen LogP contribution in [0.1, 0.15) is 10.4 Å². The van der Waals surface area contributed by atoms with Crippen LogP contribution < -0.4 is 15.5 Å². The molecule has 182 valence electrons. The summed E-state index contributed by atoms with van der Waals surface area (Å²) in [6.07, 6.45) is 0. The standard InChI is InChI=1S/C25H21N5O5S/c31-23(19-15-18(30(32)33)8-9-21(19)29-10-12-34-13-11-29)28-25(36)26-17-5-3-4-16(14-17)24-27-20-6-1-2-7-22(20)35-24/h1-9,14-15H,10-13H2,(H2,26,28,31,36). The van der Waals surface area contributed by atoms with Crippen LogP contribution in [0.5, 0.6) is 0 Å². The van der Waals surface area contributed by atoms with Gasteiger partial charge in [0, 0.05) is 36.5 Å². The molecule has 5 rings (SSSR count). The van der Waals surface area contributed by atoms with Gasteiger partial charge < -0.3 is 19.4 Å². The van der Waals surface area contributed by atoms with Crippen LogP contribution in [0.25, 0.3) is 22.6 Å². The Labute approximate surface area is 211 Å². The highest BCUT2D eigenvalue weighted by molar-refractivity contribution is 7.80. The van der Waals surface area contributed by atoms with E-state index in [1.54, 1.807) is 18.2 Å². The smallest absolute Gasteiger partial charge is 0.270 e. The predicted octanol–water partition coefficient (Wildman–Crippen LogP) is 4.37. The summed E-state index contributed by atoms with van der Waals surface area (Å²) in [7, 11) is 0. The largest absolute Gasteiger partial charge is 0.436 e. The van der Waals surface area contributed by atoms with Crippen molar-refractivity contribution in [1.82, 2.24) is 10.3 Å². The number of amides is 1. The number of hydrogen-bond acceptors (Lipinski definition) is 8. The second-order valence-electron chi connectivity index (χ2n) is 8.03. The number of benzene rings is 3. The molecule has 2 N–H and O–H groups in total. The maximum absolute atomic E-state index is 13.1. The van der Waals surface area contributed by atoms with Crippen LogP contribution in [-0.2, 0) is 4.74 Å². The number of hydrogen-bond donors (Lipinski definition) is 2. The fourth-order valence-corrected chi connectivity index (χ4v) is 4.17. The Hall–Kier alpha value is -4.35. The van der Waals surface area contributed by atoms with E-state index in [-0.39, 0.29) is 16.4 Å². The minimum Gasteiger partial charge on any atom is -0.436 e. The average molecular weight is 504 g/mol. The minimum absolute atomic E-state index is 0.0501. The molecule has 0 radical (unpaired) electrons. The molecule has 1 fully saturated rings. The number of carbonyl (C=O) groups is 1. The molecular weight excluding hydrogens is 482 g/mol. The maximum Gasteiger partial charge on any atom is 0.270 e. The van der Waals surface area contributed by atoms with E-state index in [0.717, 1.165) is 11.1 Å². The van der Waals surface area contributed by atoms with Crippen LogP contribution in [0.4, 0.5) is 17.1 Å². The van der Waals surface area contributed by atoms with Gasteiger partial charge in [-0.15, -0.1) is 0 Å². The molecule has 1 aromatic heterocycles. The third kappa shape index (κ3) is 5.02. The summed E-state index contributed by atoms with van der Waals surface area (Å²) in [5.41, 5.74) is 3.36. The molecule has 1 saturated heterocycles. The second-order valence-corrected chi connectivity index (χ2v) is 8.44. The predicted molar refractivity (Wildman–Crippen MR) is 139 cm³/mol. The van der Waals surface area contributed by atoms with E-state index in [4.69, 9.17) is 21.4 Å². The first-order chi connectivity index (χ1) is 17.5. The SMILES string of the molecule is O=C(NC(=S)Nc1cccc(-c2nc3ccccc3o2)c1)c1cc([N+](=O)[O-])ccc1N1CCOCC1. The van der Waals surface area contributed by atoms with Crippen LogP contribution in [0, 0.1) is 10.1 Å². The third-order valence-electron chi connectivity index (χ3n) is 5.68. The highest BCUT2D eigenvalue weighted by atomic mass is 32.1. The Morgan fingerprint density at radius 1 is 1.06 bits per heavy atom. The summed E-state index contributed by atoms with van der Waals surface area (Å²) in [6, 6.07) is 19.0. The van der Waals surface area contributed by atoms with Crippen LogP contribution in [0.3, 0.4) is 0 Å². The summed E-state index contributed by atoms with van der Waals surface area (Å²) >= 11 is 5.36. The van der Waals surface area contributed by atoms with E-state index in [9.17, 15) is 14.9 Å². The Morgan fingerprint density at radius 2 is 1.86 bits per heavy atom. The zero-order chi connectivity index (χ0) is 25.1. The van der Waals surface area contributed by atoms with Gasteiger partial charge in [-0.2, -0.15) is 0 Å². The number of oxazole rings is 1. The van der Waals surface area contributed by atoms with Gasteiger partial charge in [-0.05, 0) is 48.6 Å². The lowest BCUT2D eigenvalue weighted by Crippen LogP contribution is -2.39. The fourth-order valence-electron chi connectivity index (χ4n) is 3.96. The third-order valence-corrected chi connectivity index (χ3v) is 5.88. The minimum atomic E-state index is -0.548. The van der Waals surface area contributed by atoms with Gasteiger partial charge in [0.05, 0.1) is 29.4 Å². The molecule has 11 heteroatoms. The topological polar surface area (TPSA) is 123 Å². The van der Waals surface area contributed by atoms with Gasteiger partial charge in [0.15, 0.2) is 10.7 Å². The Balaban J connectivity index is 1.33. The number of carbonyl (C=O) groups excluding carboxylic acids is 1. The van der Waals surface area contributed by atoms with Crippen molar-refractivity contribution in [3.63, 3.8) is 0 Å². The Kier molecular flexibility index (Phi) is 6.56. The number of aromatic nitrogens is 1. The number of nitro benzene ring substituents is 1. The van der Waals surface area contributed by atoms with E-state index >= 15 is 0 Å². The van der Waals surface area contributed by atoms with Crippen molar-refractivity contribution >= 4 is 51.4 Å². The van der Waals surface area contributed by atoms with E-state index in [2.05, 4.69) is 15.6 Å². The number of nitrogens with zero attached hydrogens (tertiary/aromatic N) is 3. The number of morpholine rings is 1. The molecule has 0 atom stereocenters. The molecule has 10 nitrogen and oxygen atoms in total. The molecule has 0 saturated carbocycles. The molecule has 1 aliphatic heterocycles. The van der Waals surface area contributed by atoms with E-state index < -0.39 is 10.8 Å². The molecule has 0 unspecified atom stereocenters. The Morgan fingerprint density at radius 3 is 2.64 bits per heavy atom. The lowest BCUT2D eigenvalue weighted by atomic mass is 10.1. The molecule has 36 heavy (non-hydrogen) atoms. The van der Waals surface area contributed by atoms with Crippen molar-refractivity contribution in [2.45, 2.75) is 0 Å². The summed E-state index contributed by atoms with van der Waals surface area (Å²) in [5.74, 6) is -0.0886. The van der Waals surface area contributed by atoms with Gasteiger partial charge in [-0.3, -0.25) is 20.2 Å². The number of nitrogens with one attached hydrogen (secondary N) is 2. The molecule has 0 spiro atoms. The molecule has 1 aliphatic rings. The van der Waals surface area contributed by atoms with Crippen LogP contribution in [0.15, 0.2) is 71.1 Å². The lowest BCUT2D eigenvalue weighted by molar-refractivity contribution is -0.384. The fraction of sp³-hybridized carbons (Fsp3) is 0.160. The molecular formula is C25H21N5O5S. The number of anilines is 2. The number of nitro groups is 1. The number of rotatable bonds is 5. The van der Waals surface area contributed by atoms with E-state index in [0.29, 0.717) is 49.2 Å². The van der Waals surface area contributed by atoms with Gasteiger partial charge in [-0.1, -0.05) is 18.2 Å². The molecule has 0 aliphatic carbocycles. The maximum atomic E-state index is 13.1. The van der Waals surface area contributed by atoms with Crippen molar-refractivity contribution < 1.29 is 18.9 Å². The van der Waals surface area contributed by atoms with E-state index in [1.807, 2.05) is 41.3 Å². The monoisotopic (exact) mass is 503 g/mol. The van der Waals surface area contributed by atoms with E-state index in [1.165, 1.54) is 12.1 Å². The number of fused-ring (bicyclic) bond motifs is 1. The highest BCUT2D eigenvalue weighted by Gasteiger charge is 2.22. The van der Waals surface area contributed by atoms with Gasteiger partial charge in [0.2, 0.25) is 5.89 Å². The van der Waals surface area contributed by atoms with Crippen molar-refractivity contribution in [2.24, 2.45) is 0 Å². The molecule has 0 bridgehead atoms. The number of ether oxygens (including phenoxy) is 1. The average Bonchev–Trinajstić information content (AvgIpc) is 3.33. The normalized spacial score (nSPS) is 13.4. The lowest BCUT2D eigenvalue weighted by Gasteiger charge is -2.30. The quantitative estimate of drug-likeness (QED) is 0.232. The van der Waals surface area contributed by atoms with Gasteiger partial charge in [-0.25, -0.2) is 4.98 Å². The van der Waals surface area contributed by atoms with Crippen molar-refractivity contribution in [2.75, 3.05) is 36.5 Å². The van der Waals surface area contributed by atoms with Crippen LogP contribution in [0.2, 0.25) is 0 Å². The number of non-ortho nitro benzene ring substituents is 1. The number of thiocarbonyl (C=S) groups is 1. The van der Waals surface area contributed by atoms with Crippen molar-refractivity contribution in [1.29, 1.82) is 0 Å². The zero-order valence-corrected chi connectivity index (χ0v) is 19.8. The van der Waals surface area contributed by atoms with Crippen molar-refractivity contribution in [3.05, 3.63) is 82.4 Å². The summed E-state index contributed by atoms with van der Waals surface area (Å²) in [4.78, 5) is 30.4. The Bertz CT molecular complexity index is 1430.